The molecule has 0 spiro atoms. The molecule has 0 amide bonds. The molecule has 1 aromatic carbocycles. The maximum absolute atomic E-state index is 13.3. The Morgan fingerprint density at radius 3 is 2.20 bits per heavy atom. The zero-order chi connectivity index (χ0) is 47.7. The molecule has 14 nitrogen and oxygen atoms in total. The third-order valence-electron chi connectivity index (χ3n) is 16.8. The lowest BCUT2D eigenvalue weighted by atomic mass is 9.44. The second kappa shape index (κ2) is 21.2. The van der Waals surface area contributed by atoms with Gasteiger partial charge in [0.15, 0.2) is 24.8 Å². The molecular formula is C49H74F3NO13. The summed E-state index contributed by atoms with van der Waals surface area (Å²) in [4.78, 5) is 26.2. The number of aliphatic hydroxyl groups is 4. The Hall–Kier alpha value is -2.61. The minimum atomic E-state index is -4.27. The first-order valence-corrected chi connectivity index (χ1v) is 24.3. The number of benzene rings is 1. The van der Waals surface area contributed by atoms with Crippen LogP contribution in [0.3, 0.4) is 0 Å². The molecule has 0 radical (unpaired) electrons. The molecule has 374 valence electrons. The highest BCUT2D eigenvalue weighted by Gasteiger charge is 2.64. The number of carbonyl (C=O) groups is 2. The number of methoxy groups -OCH3 is 1. The first-order chi connectivity index (χ1) is 31.2. The van der Waals surface area contributed by atoms with Gasteiger partial charge in [-0.05, 0) is 141 Å². The Labute approximate surface area is 386 Å². The van der Waals surface area contributed by atoms with Gasteiger partial charge in [0.25, 0.3) is 0 Å². The van der Waals surface area contributed by atoms with Crippen LogP contribution in [-0.2, 0) is 33.2 Å². The second-order valence-electron chi connectivity index (χ2n) is 21.1. The van der Waals surface area contributed by atoms with E-state index in [1.54, 1.807) is 12.1 Å². The average molecular weight is 942 g/mol. The van der Waals surface area contributed by atoms with E-state index >= 15 is 0 Å². The molecule has 4 saturated carbocycles. The monoisotopic (exact) mass is 942 g/mol. The average Bonchev–Trinajstić information content (AvgIpc) is 3.56. The van der Waals surface area contributed by atoms with E-state index in [-0.39, 0.29) is 66.1 Å². The van der Waals surface area contributed by atoms with Crippen molar-refractivity contribution in [3.8, 4) is 5.75 Å². The summed E-state index contributed by atoms with van der Waals surface area (Å²) in [6, 6.07) is 6.09. The van der Waals surface area contributed by atoms with E-state index in [1.807, 2.05) is 6.92 Å². The van der Waals surface area contributed by atoms with E-state index in [4.69, 9.17) is 33.2 Å². The van der Waals surface area contributed by atoms with Crippen LogP contribution in [-0.4, -0.2) is 133 Å². The molecule has 66 heavy (non-hydrogen) atoms. The van der Waals surface area contributed by atoms with Gasteiger partial charge in [0.1, 0.15) is 30.2 Å². The number of nitrogens with one attached hydrogen (secondary N) is 1. The summed E-state index contributed by atoms with van der Waals surface area (Å²) in [6.07, 6.45) is -6.26. The van der Waals surface area contributed by atoms with Crippen LogP contribution in [0.5, 0.6) is 5.75 Å². The van der Waals surface area contributed by atoms with Gasteiger partial charge in [0, 0.05) is 6.92 Å². The van der Waals surface area contributed by atoms with E-state index in [0.717, 1.165) is 70.6 Å². The molecule has 6 fully saturated rings. The molecule has 0 aromatic heterocycles. The fraction of sp³-hybridized carbons (Fsp3) is 0.837. The van der Waals surface area contributed by atoms with Crippen LogP contribution in [0.15, 0.2) is 24.3 Å². The van der Waals surface area contributed by atoms with Gasteiger partial charge >= 0.3 is 18.1 Å². The molecule has 2 aliphatic heterocycles. The Morgan fingerprint density at radius 2 is 1.52 bits per heavy atom. The molecule has 0 bridgehead atoms. The van der Waals surface area contributed by atoms with E-state index in [0.29, 0.717) is 29.4 Å². The summed E-state index contributed by atoms with van der Waals surface area (Å²) < 4.78 is 80.8. The lowest BCUT2D eigenvalue weighted by molar-refractivity contribution is -0.340. The van der Waals surface area contributed by atoms with Crippen molar-refractivity contribution in [2.24, 2.45) is 52.3 Å². The molecule has 4 aliphatic carbocycles. The van der Waals surface area contributed by atoms with E-state index in [9.17, 15) is 43.2 Å². The first kappa shape index (κ1) is 51.2. The smallest absolute Gasteiger partial charge is 0.401 e. The first-order valence-electron chi connectivity index (χ1n) is 24.3. The highest BCUT2D eigenvalue weighted by atomic mass is 19.4. The number of fused-ring (bicyclic) bond motifs is 5. The van der Waals surface area contributed by atoms with Gasteiger partial charge in [0.05, 0.1) is 44.6 Å². The van der Waals surface area contributed by atoms with Crippen LogP contribution in [0, 0.1) is 52.3 Å². The standard InChI is InChI=1S/C49H74F3NO13/c1-26(22-53-25-49(50,51)52)8-7-9-27(2)39-38(21-35-33-15-12-30-20-31(55)16-18-47(30,4)34(33)17-19-48(35,39)5)64-46-43(63-28(3)54)41(37(57)24-62-46)66-45-42(40(58)36(56)23-61-45)65-44(59)29-10-13-32(60-6)14-11-29/h10-11,13-14,26-27,30-31,33-43,45-46,53,55-58H,7-9,12,15-25H2,1-6H3/t26-,27-,30+,31+,33?,34?,35?,36-,37+,38+,39+,40+,41+,42-,43-,45+,46+,47+,48+/m1/s1. The molecule has 7 rings (SSSR count). The summed E-state index contributed by atoms with van der Waals surface area (Å²) in [7, 11) is 1.49. The summed E-state index contributed by atoms with van der Waals surface area (Å²) >= 11 is 0. The van der Waals surface area contributed by atoms with Gasteiger partial charge in [-0.15, -0.1) is 0 Å². The lowest BCUT2D eigenvalue weighted by Gasteiger charge is -2.61. The molecule has 5 N–H and O–H groups in total. The van der Waals surface area contributed by atoms with Crippen molar-refractivity contribution in [3.05, 3.63) is 29.8 Å². The van der Waals surface area contributed by atoms with Crippen molar-refractivity contribution in [3.63, 3.8) is 0 Å². The molecule has 2 saturated heterocycles. The third-order valence-corrected chi connectivity index (χ3v) is 16.8. The van der Waals surface area contributed by atoms with E-state index < -0.39 is 73.9 Å². The summed E-state index contributed by atoms with van der Waals surface area (Å²) in [6.45, 7) is 8.87. The molecule has 1 aromatic rings. The maximum Gasteiger partial charge on any atom is 0.401 e. The predicted octanol–water partition coefficient (Wildman–Crippen LogP) is 5.94. The van der Waals surface area contributed by atoms with Crippen LogP contribution < -0.4 is 10.1 Å². The molecule has 3 unspecified atom stereocenters. The van der Waals surface area contributed by atoms with Crippen LogP contribution >= 0.6 is 0 Å². The number of alkyl halides is 3. The van der Waals surface area contributed by atoms with Crippen molar-refractivity contribution in [1.29, 1.82) is 0 Å². The quantitative estimate of drug-likeness (QED) is 0.122. The topological polar surface area (TPSA) is 192 Å². The number of halogens is 3. The zero-order valence-electron chi connectivity index (χ0n) is 39.3. The largest absolute Gasteiger partial charge is 0.497 e. The number of aliphatic hydroxyl groups excluding tert-OH is 4. The van der Waals surface area contributed by atoms with Crippen LogP contribution in [0.4, 0.5) is 13.2 Å². The van der Waals surface area contributed by atoms with Gasteiger partial charge < -0.3 is 58.9 Å². The van der Waals surface area contributed by atoms with Crippen molar-refractivity contribution in [2.45, 2.75) is 173 Å². The lowest BCUT2D eigenvalue weighted by Crippen LogP contribution is -2.62. The fourth-order valence-corrected chi connectivity index (χ4v) is 13.6. The number of esters is 2. The molecular weight excluding hydrogens is 868 g/mol. The number of rotatable bonds is 16. The number of hydrogen-bond acceptors (Lipinski definition) is 14. The van der Waals surface area contributed by atoms with Gasteiger partial charge in [-0.2, -0.15) is 13.2 Å². The zero-order valence-corrected chi connectivity index (χ0v) is 39.3. The number of hydrogen-bond donors (Lipinski definition) is 5. The SMILES string of the molecule is COc1ccc(C(=O)O[C@H]2[C@H](O[C@@H]3[C@@H](OC(C)=O)[C@H](O[C@H]4CC5C6CC[C@H]7C[C@@H](O)CC[C@]7(C)C6CC[C@]5(C)[C@H]4[C@H](C)CCC[C@@H](C)CNCC(F)(F)F)OC[C@@H]3O)OC[C@@H](O)[C@@H]2O)cc1. The number of carbonyl (C=O) groups excluding carboxylic acids is 2. The fourth-order valence-electron chi connectivity index (χ4n) is 13.6. The second-order valence-corrected chi connectivity index (χ2v) is 21.1. The van der Waals surface area contributed by atoms with Gasteiger partial charge in [-0.3, -0.25) is 4.79 Å². The van der Waals surface area contributed by atoms with Crippen molar-refractivity contribution >= 4 is 11.9 Å². The van der Waals surface area contributed by atoms with E-state index in [2.05, 4.69) is 26.1 Å². The van der Waals surface area contributed by atoms with Gasteiger partial charge in [-0.1, -0.05) is 40.5 Å². The van der Waals surface area contributed by atoms with Crippen LogP contribution in [0.2, 0.25) is 0 Å². The maximum atomic E-state index is 13.3. The van der Waals surface area contributed by atoms with Crippen molar-refractivity contribution in [1.82, 2.24) is 5.32 Å². The predicted molar refractivity (Wildman–Crippen MR) is 233 cm³/mol. The molecule has 6 aliphatic rings. The van der Waals surface area contributed by atoms with Crippen molar-refractivity contribution < 1.29 is 76.3 Å². The summed E-state index contributed by atoms with van der Waals surface area (Å²) in [5.74, 6) is 0.942. The molecule has 19 atom stereocenters. The van der Waals surface area contributed by atoms with E-state index in [1.165, 1.54) is 26.2 Å². The van der Waals surface area contributed by atoms with Gasteiger partial charge in [0.2, 0.25) is 0 Å². The highest BCUT2D eigenvalue weighted by Crippen LogP contribution is 2.69. The van der Waals surface area contributed by atoms with Gasteiger partial charge in [-0.25, -0.2) is 4.79 Å². The Balaban J connectivity index is 1.12. The number of ether oxygens (including phenoxy) is 7. The Morgan fingerprint density at radius 1 is 0.833 bits per heavy atom. The minimum Gasteiger partial charge on any atom is -0.497 e. The summed E-state index contributed by atoms with van der Waals surface area (Å²) in [5, 5.41) is 46.4. The minimum absolute atomic E-state index is 0.0358. The summed E-state index contributed by atoms with van der Waals surface area (Å²) in [5.41, 5.74) is 0.142. The molecule has 17 heteroatoms. The van der Waals surface area contributed by atoms with Crippen LogP contribution in [0.25, 0.3) is 0 Å². The highest BCUT2D eigenvalue weighted by molar-refractivity contribution is 5.89. The van der Waals surface area contributed by atoms with Crippen LogP contribution in [0.1, 0.15) is 116 Å². The Kier molecular flexibility index (Phi) is 16.4. The Bertz CT molecular complexity index is 1770. The molecule has 2 heterocycles. The van der Waals surface area contributed by atoms with Crippen molar-refractivity contribution in [2.75, 3.05) is 33.4 Å². The third kappa shape index (κ3) is 11.2. The normalized spacial score (nSPS) is 41.1.